The van der Waals surface area contributed by atoms with E-state index in [9.17, 15) is 22.8 Å². The molecule has 0 aromatic carbocycles. The molecule has 2 aliphatic carbocycles. The number of carbonyl (C=O) groups excluding carboxylic acids is 3. The Bertz CT molecular complexity index is 986. The smallest absolute Gasteiger partial charge is 0.328 e. The molecular weight excluding hydrogens is 478 g/mol. The van der Waals surface area contributed by atoms with Gasteiger partial charge in [0.2, 0.25) is 5.91 Å². The summed E-state index contributed by atoms with van der Waals surface area (Å²) in [6.07, 6.45) is 3.32. The first-order chi connectivity index (χ1) is 16.4. The van der Waals surface area contributed by atoms with Crippen molar-refractivity contribution < 1.29 is 27.5 Å². The van der Waals surface area contributed by atoms with E-state index in [1.165, 1.54) is 7.11 Å². The molecule has 2 saturated carbocycles. The second kappa shape index (κ2) is 9.70. The highest BCUT2D eigenvalue weighted by atomic mass is 32.2. The summed E-state index contributed by atoms with van der Waals surface area (Å²) in [5.74, 6) is -1.09. The highest BCUT2D eigenvalue weighted by Crippen LogP contribution is 2.65. The van der Waals surface area contributed by atoms with Crippen LogP contribution in [0.2, 0.25) is 0 Å². The number of likely N-dealkylation sites (tertiary alicyclic amines) is 1. The molecule has 6 atom stereocenters. The highest BCUT2D eigenvalue weighted by molar-refractivity contribution is 7.93. The van der Waals surface area contributed by atoms with Gasteiger partial charge in [-0.2, -0.15) is 0 Å². The average molecular weight is 526 g/mol. The van der Waals surface area contributed by atoms with Crippen LogP contribution in [0.4, 0.5) is 0 Å². The molecule has 3 rings (SSSR count). The Morgan fingerprint density at radius 3 is 2.14 bits per heavy atom. The molecule has 8 heteroatoms. The first-order valence-corrected chi connectivity index (χ1v) is 15.0. The Hall–Kier alpha value is -1.44. The van der Waals surface area contributed by atoms with Gasteiger partial charge in [-0.1, -0.05) is 47.5 Å². The molecule has 3 aliphatic rings. The van der Waals surface area contributed by atoms with Crippen molar-refractivity contribution in [1.29, 1.82) is 0 Å². The molecule has 1 heterocycles. The van der Waals surface area contributed by atoms with Gasteiger partial charge in [0.25, 0.3) is 0 Å². The fourth-order valence-electron chi connectivity index (χ4n) is 6.74. The van der Waals surface area contributed by atoms with Crippen LogP contribution < -0.4 is 0 Å². The van der Waals surface area contributed by atoms with Gasteiger partial charge in [-0.25, -0.2) is 13.2 Å². The molecule has 7 nitrogen and oxygen atoms in total. The number of fused-ring (bicyclic) bond motifs is 1. The lowest BCUT2D eigenvalue weighted by Crippen LogP contribution is -2.50. The number of methoxy groups -OCH3 is 1. The first-order valence-electron chi connectivity index (χ1n) is 13.5. The Labute approximate surface area is 218 Å². The number of Topliss-reactive ketones (excluding diaryl/α,β-unsaturated/α-hetero) is 1. The zero-order valence-corrected chi connectivity index (χ0v) is 24.5. The van der Waals surface area contributed by atoms with Gasteiger partial charge >= 0.3 is 5.97 Å². The van der Waals surface area contributed by atoms with E-state index < -0.39 is 43.2 Å². The van der Waals surface area contributed by atoms with E-state index in [1.807, 2.05) is 20.8 Å². The van der Waals surface area contributed by atoms with Crippen LogP contribution in [0.25, 0.3) is 0 Å². The molecule has 1 saturated heterocycles. The van der Waals surface area contributed by atoms with E-state index in [1.54, 1.807) is 25.7 Å². The summed E-state index contributed by atoms with van der Waals surface area (Å²) in [4.78, 5) is 41.6. The van der Waals surface area contributed by atoms with Gasteiger partial charge in [0, 0.05) is 31.2 Å². The lowest BCUT2D eigenvalue weighted by Gasteiger charge is -2.38. The summed E-state index contributed by atoms with van der Waals surface area (Å²) < 4.78 is 30.7. The van der Waals surface area contributed by atoms with E-state index in [0.717, 1.165) is 19.3 Å². The predicted octanol–water partition coefficient (Wildman–Crippen LogP) is 4.43. The van der Waals surface area contributed by atoms with Crippen LogP contribution in [0.1, 0.15) is 93.9 Å². The van der Waals surface area contributed by atoms with Gasteiger partial charge in [0.05, 0.1) is 17.1 Å². The summed E-state index contributed by atoms with van der Waals surface area (Å²) in [5.41, 5.74) is -0.490. The van der Waals surface area contributed by atoms with E-state index in [4.69, 9.17) is 4.74 Å². The molecule has 0 aromatic heterocycles. The minimum atomic E-state index is -3.39. The van der Waals surface area contributed by atoms with Crippen LogP contribution >= 0.6 is 0 Å². The minimum Gasteiger partial charge on any atom is -0.467 e. The van der Waals surface area contributed by atoms with Gasteiger partial charge < -0.3 is 9.64 Å². The lowest BCUT2D eigenvalue weighted by atomic mass is 9.75. The summed E-state index contributed by atoms with van der Waals surface area (Å²) in [6, 6.07) is -0.609. The number of ether oxygens (including phenoxy) is 1. The maximum absolute atomic E-state index is 13.9. The van der Waals surface area contributed by atoms with E-state index in [-0.39, 0.29) is 47.7 Å². The summed E-state index contributed by atoms with van der Waals surface area (Å²) in [5, 5.41) is -0.518. The molecule has 0 N–H and O–H groups in total. The van der Waals surface area contributed by atoms with Crippen LogP contribution in [-0.2, 0) is 29.0 Å². The zero-order chi connectivity index (χ0) is 27.4. The number of ketones is 1. The molecule has 0 radical (unpaired) electrons. The van der Waals surface area contributed by atoms with E-state index in [2.05, 4.69) is 13.8 Å². The van der Waals surface area contributed by atoms with E-state index in [0.29, 0.717) is 13.0 Å². The maximum atomic E-state index is 13.9. The largest absolute Gasteiger partial charge is 0.467 e. The van der Waals surface area contributed by atoms with Crippen molar-refractivity contribution in [1.82, 2.24) is 4.90 Å². The van der Waals surface area contributed by atoms with Crippen molar-refractivity contribution in [2.75, 3.05) is 13.7 Å². The third kappa shape index (κ3) is 5.25. The zero-order valence-electron chi connectivity index (χ0n) is 23.7. The van der Waals surface area contributed by atoms with Crippen molar-refractivity contribution in [3.05, 3.63) is 0 Å². The van der Waals surface area contributed by atoms with Crippen LogP contribution in [0.5, 0.6) is 0 Å². The summed E-state index contributed by atoms with van der Waals surface area (Å²) in [7, 11) is -2.04. The van der Waals surface area contributed by atoms with Crippen molar-refractivity contribution in [2.45, 2.75) is 110 Å². The Balaban J connectivity index is 1.78. The van der Waals surface area contributed by atoms with Crippen LogP contribution in [0.3, 0.4) is 0 Å². The molecule has 0 aromatic rings. The number of sulfone groups is 1. The van der Waals surface area contributed by atoms with Gasteiger partial charge in [-0.3, -0.25) is 9.59 Å². The molecule has 0 bridgehead atoms. The Morgan fingerprint density at radius 2 is 1.61 bits per heavy atom. The number of hydrogen-bond acceptors (Lipinski definition) is 6. The SMILES string of the molecule is COC(=O)[C@@H]1[C@@H]2[C@H](CN1C(=O)[C@@H](CC(=O)C[C@H]1CCCC[C@H]1S(=O)(=O)C(C)(C)C)C(C)(C)C)C2(C)C. The third-order valence-corrected chi connectivity index (χ3v) is 12.4. The quantitative estimate of drug-likeness (QED) is 0.456. The second-order valence-electron chi connectivity index (χ2n) is 14.0. The number of amides is 1. The first kappa shape index (κ1) is 29.1. The topological polar surface area (TPSA) is 97.8 Å². The van der Waals surface area contributed by atoms with Gasteiger partial charge in [0.15, 0.2) is 9.84 Å². The Kier molecular flexibility index (Phi) is 7.85. The van der Waals surface area contributed by atoms with Crippen LogP contribution in [-0.4, -0.2) is 60.7 Å². The highest BCUT2D eigenvalue weighted by Gasteiger charge is 2.70. The van der Waals surface area contributed by atoms with Gasteiger partial charge in [-0.05, 0) is 56.3 Å². The molecule has 1 amide bonds. The van der Waals surface area contributed by atoms with Gasteiger partial charge in [-0.15, -0.1) is 0 Å². The maximum Gasteiger partial charge on any atom is 0.328 e. The number of piperidine rings is 1. The van der Waals surface area contributed by atoms with Crippen molar-refractivity contribution in [3.8, 4) is 0 Å². The Morgan fingerprint density at radius 1 is 1.03 bits per heavy atom. The molecule has 0 unspecified atom stereocenters. The number of rotatable bonds is 7. The lowest BCUT2D eigenvalue weighted by molar-refractivity contribution is -0.156. The fraction of sp³-hybridized carbons (Fsp3) is 0.893. The monoisotopic (exact) mass is 525 g/mol. The molecule has 206 valence electrons. The molecular formula is C28H47NO6S. The predicted molar refractivity (Wildman–Crippen MR) is 140 cm³/mol. The molecule has 0 spiro atoms. The normalized spacial score (nSPS) is 30.9. The number of nitrogens with zero attached hydrogens (tertiary/aromatic N) is 1. The molecule has 1 aliphatic heterocycles. The second-order valence-corrected chi connectivity index (χ2v) is 16.9. The summed E-state index contributed by atoms with van der Waals surface area (Å²) >= 11 is 0. The van der Waals surface area contributed by atoms with Crippen molar-refractivity contribution in [3.63, 3.8) is 0 Å². The van der Waals surface area contributed by atoms with Gasteiger partial charge in [0.1, 0.15) is 11.8 Å². The van der Waals surface area contributed by atoms with E-state index >= 15 is 0 Å². The van der Waals surface area contributed by atoms with Crippen LogP contribution in [0.15, 0.2) is 0 Å². The van der Waals surface area contributed by atoms with Crippen LogP contribution in [0, 0.1) is 34.5 Å². The molecule has 36 heavy (non-hydrogen) atoms. The third-order valence-electron chi connectivity index (χ3n) is 9.29. The molecule has 3 fully saturated rings. The average Bonchev–Trinajstić information content (AvgIpc) is 3.09. The van der Waals surface area contributed by atoms with Crippen molar-refractivity contribution >= 4 is 27.5 Å². The minimum absolute atomic E-state index is 0.00275. The number of hydrogen-bond donors (Lipinski definition) is 0. The number of carbonyl (C=O) groups is 3. The standard InChI is InChI=1S/C28H47NO6S/c1-26(2,3)19(24(31)29-16-20-22(28(20,7)8)23(29)25(32)35-9)15-18(30)14-17-12-10-11-13-21(17)36(33,34)27(4,5)6/h17,19-23H,10-16H2,1-9H3/t17-,19-,20+,21-,22+,23+/m1/s1. The number of esters is 1. The van der Waals surface area contributed by atoms with Crippen molar-refractivity contribution in [2.24, 2.45) is 34.5 Å². The summed E-state index contributed by atoms with van der Waals surface area (Å²) in [6.45, 7) is 15.8. The fourth-order valence-corrected chi connectivity index (χ4v) is 8.86.